The van der Waals surface area contributed by atoms with Crippen molar-refractivity contribution in [3.05, 3.63) is 54.1 Å². The molecule has 1 aliphatic carbocycles. The number of hydrogen-bond acceptors (Lipinski definition) is 5. The Balaban J connectivity index is 1.97. The van der Waals surface area contributed by atoms with E-state index in [2.05, 4.69) is 72.9 Å². The van der Waals surface area contributed by atoms with E-state index in [0.29, 0.717) is 12.8 Å². The molecule has 5 nitrogen and oxygen atoms in total. The molecule has 1 aromatic carbocycles. The predicted octanol–water partition coefficient (Wildman–Crippen LogP) is 10.1. The van der Waals surface area contributed by atoms with Crippen LogP contribution in [0.4, 0.5) is 13.2 Å². The van der Waals surface area contributed by atoms with Crippen LogP contribution >= 0.6 is 0 Å². The molecular weight excluding hydrogens is 614 g/mol. The highest BCUT2D eigenvalue weighted by molar-refractivity contribution is 6.74. The van der Waals surface area contributed by atoms with Crippen LogP contribution < -0.4 is 4.74 Å². The predicted molar refractivity (Wildman–Crippen MR) is 179 cm³/mol. The topological polar surface area (TPSA) is 54.0 Å². The van der Waals surface area contributed by atoms with Gasteiger partial charge in [0.1, 0.15) is 18.5 Å². The molecule has 0 spiro atoms. The smallest absolute Gasteiger partial charge is 0.416 e. The van der Waals surface area contributed by atoms with Crippen molar-refractivity contribution in [3.63, 3.8) is 0 Å². The lowest BCUT2D eigenvalue weighted by atomic mass is 9.89. The number of alkyl halides is 3. The molecule has 2 aliphatic rings. The maximum atomic E-state index is 13.4. The fourth-order valence-electron chi connectivity index (χ4n) is 6.08. The normalized spacial score (nSPS) is 24.4. The van der Waals surface area contributed by atoms with Gasteiger partial charge in [0.05, 0.1) is 17.8 Å². The van der Waals surface area contributed by atoms with Crippen LogP contribution in [0, 0.1) is 11.8 Å². The summed E-state index contributed by atoms with van der Waals surface area (Å²) >= 11 is 0. The lowest BCUT2D eigenvalue weighted by Gasteiger charge is -2.40. The first-order valence-electron chi connectivity index (χ1n) is 16.7. The molecule has 45 heavy (non-hydrogen) atoms. The number of fused-ring (bicyclic) bond motifs is 1. The van der Waals surface area contributed by atoms with E-state index in [0.717, 1.165) is 49.5 Å². The summed E-state index contributed by atoms with van der Waals surface area (Å²) in [6, 6.07) is 7.79. The monoisotopic (exact) mass is 668 g/mol. The van der Waals surface area contributed by atoms with E-state index in [-0.39, 0.29) is 47.4 Å². The van der Waals surface area contributed by atoms with Gasteiger partial charge in [-0.3, -0.25) is 4.79 Å². The minimum atomic E-state index is -4.45. The van der Waals surface area contributed by atoms with Gasteiger partial charge in [0, 0.05) is 24.7 Å². The Labute approximate surface area is 271 Å². The number of halogens is 3. The number of esters is 1. The van der Waals surface area contributed by atoms with Crippen LogP contribution in [0.1, 0.15) is 79.2 Å². The Hall–Kier alpha value is -1.89. The number of carbonyl (C=O) groups excluding carboxylic acids is 1. The molecule has 10 heteroatoms. The third kappa shape index (κ3) is 10.3. The lowest BCUT2D eigenvalue weighted by Crippen LogP contribution is -2.45. The fourth-order valence-corrected chi connectivity index (χ4v) is 10.2. The van der Waals surface area contributed by atoms with E-state index in [9.17, 15) is 18.0 Å². The summed E-state index contributed by atoms with van der Waals surface area (Å²) in [5.41, 5.74) is -0.742. The van der Waals surface area contributed by atoms with Crippen LogP contribution in [0.3, 0.4) is 0 Å². The summed E-state index contributed by atoms with van der Waals surface area (Å²) in [6.45, 7) is 17.7. The van der Waals surface area contributed by atoms with Crippen molar-refractivity contribution >= 4 is 22.6 Å². The number of hydrogen-bond donors (Lipinski definition) is 0. The Bertz CT molecular complexity index is 1150. The van der Waals surface area contributed by atoms with E-state index in [4.69, 9.17) is 18.3 Å². The molecule has 1 saturated carbocycles. The summed E-state index contributed by atoms with van der Waals surface area (Å²) in [7, 11) is -4.27. The van der Waals surface area contributed by atoms with Crippen molar-refractivity contribution in [1.82, 2.24) is 0 Å². The van der Waals surface area contributed by atoms with Gasteiger partial charge in [-0.15, -0.1) is 0 Å². The summed E-state index contributed by atoms with van der Waals surface area (Å²) < 4.78 is 66.1. The maximum absolute atomic E-state index is 13.4. The van der Waals surface area contributed by atoms with Gasteiger partial charge >= 0.3 is 12.1 Å². The molecule has 0 unspecified atom stereocenters. The van der Waals surface area contributed by atoms with Crippen LogP contribution in [-0.4, -0.2) is 47.5 Å². The highest BCUT2D eigenvalue weighted by atomic mass is 28.4. The number of ether oxygens (including phenoxy) is 2. The zero-order valence-electron chi connectivity index (χ0n) is 28.5. The molecule has 3 rings (SSSR count). The van der Waals surface area contributed by atoms with Gasteiger partial charge in [-0.25, -0.2) is 0 Å². The van der Waals surface area contributed by atoms with Crippen LogP contribution in [0.15, 0.2) is 48.6 Å². The molecule has 0 bridgehead atoms. The number of benzene rings is 1. The van der Waals surface area contributed by atoms with Crippen molar-refractivity contribution < 1.29 is 36.3 Å². The molecule has 0 radical (unpaired) electrons. The molecule has 0 N–H and O–H groups in total. The van der Waals surface area contributed by atoms with E-state index in [1.807, 2.05) is 6.08 Å². The first-order chi connectivity index (χ1) is 21.0. The molecular formula is C35H55F3O5Si2. The van der Waals surface area contributed by atoms with E-state index < -0.39 is 34.5 Å². The van der Waals surface area contributed by atoms with Gasteiger partial charge in [0.2, 0.25) is 0 Å². The van der Waals surface area contributed by atoms with Crippen LogP contribution in [-0.2, 0) is 24.6 Å². The quantitative estimate of drug-likeness (QED) is 0.126. The SMILES string of the molecule is CC[Si](CC)(CC)O[C@H](C=C[C@@H]1[C@H]2CC=CCCCC(=O)O[C@H]2C[C@H]1O[Si](C)(C)C(C)(C)C)COc1cccc(C(F)(F)F)c1. The third-order valence-corrected chi connectivity index (χ3v) is 19.4. The number of carbonyl (C=O) groups is 1. The van der Waals surface area contributed by atoms with Gasteiger partial charge in [0.25, 0.3) is 0 Å². The molecule has 1 aromatic rings. The highest BCUT2D eigenvalue weighted by Crippen LogP contribution is 2.45. The first kappa shape index (κ1) is 37.6. The first-order valence-corrected chi connectivity index (χ1v) is 22.2. The molecule has 5 atom stereocenters. The van der Waals surface area contributed by atoms with Crippen LogP contribution in [0.2, 0.25) is 36.3 Å². The summed E-state index contributed by atoms with van der Waals surface area (Å²) in [4.78, 5) is 12.7. The average Bonchev–Trinajstić information content (AvgIpc) is 3.28. The minimum Gasteiger partial charge on any atom is -0.491 e. The van der Waals surface area contributed by atoms with Crippen LogP contribution in [0.5, 0.6) is 5.75 Å². The van der Waals surface area contributed by atoms with E-state index in [1.165, 1.54) is 6.07 Å². The van der Waals surface area contributed by atoms with E-state index >= 15 is 0 Å². The maximum Gasteiger partial charge on any atom is 0.416 e. The Morgan fingerprint density at radius 2 is 1.76 bits per heavy atom. The molecule has 0 saturated heterocycles. The Morgan fingerprint density at radius 1 is 1.07 bits per heavy atom. The van der Waals surface area contributed by atoms with Gasteiger partial charge in [-0.1, -0.05) is 71.9 Å². The third-order valence-electron chi connectivity index (χ3n) is 10.2. The molecule has 1 fully saturated rings. The van der Waals surface area contributed by atoms with Crippen molar-refractivity contribution in [2.24, 2.45) is 11.8 Å². The second kappa shape index (κ2) is 15.8. The number of allylic oxidation sites excluding steroid dienone is 2. The summed E-state index contributed by atoms with van der Waals surface area (Å²) in [6.07, 6.45) is 6.73. The second-order valence-electron chi connectivity index (χ2n) is 14.1. The molecule has 0 aromatic heterocycles. The average molecular weight is 669 g/mol. The largest absolute Gasteiger partial charge is 0.491 e. The Morgan fingerprint density at radius 3 is 2.38 bits per heavy atom. The van der Waals surface area contributed by atoms with Gasteiger partial charge in [0.15, 0.2) is 16.6 Å². The fraction of sp³-hybridized carbons (Fsp3) is 0.686. The zero-order chi connectivity index (χ0) is 33.5. The van der Waals surface area contributed by atoms with Crippen molar-refractivity contribution in [3.8, 4) is 5.75 Å². The van der Waals surface area contributed by atoms with Gasteiger partial charge in [-0.05, 0) is 73.7 Å². The second-order valence-corrected chi connectivity index (χ2v) is 23.6. The number of rotatable bonds is 12. The van der Waals surface area contributed by atoms with Gasteiger partial charge < -0.3 is 18.3 Å². The molecule has 1 heterocycles. The minimum absolute atomic E-state index is 0.00730. The van der Waals surface area contributed by atoms with Crippen molar-refractivity contribution in [1.29, 1.82) is 0 Å². The van der Waals surface area contributed by atoms with E-state index in [1.54, 1.807) is 6.07 Å². The lowest BCUT2D eigenvalue weighted by molar-refractivity contribution is -0.151. The summed E-state index contributed by atoms with van der Waals surface area (Å²) in [5, 5.41) is 0.00730. The summed E-state index contributed by atoms with van der Waals surface area (Å²) in [5.74, 6) is 0.0239. The Kier molecular flexibility index (Phi) is 13.2. The van der Waals surface area contributed by atoms with Crippen molar-refractivity contribution in [2.45, 2.75) is 134 Å². The van der Waals surface area contributed by atoms with Gasteiger partial charge in [-0.2, -0.15) is 13.2 Å². The highest BCUT2D eigenvalue weighted by Gasteiger charge is 2.48. The molecule has 254 valence electrons. The standard InChI is InChI=1S/C35H55F3O5Si2/c1-9-45(10-2,11-3)42-28(25-40-27-18-16-17-26(23-27)35(36,37)38)21-22-30-29-19-14-12-13-15-20-33(39)41-31(29)24-32(30)43-44(7,8)34(4,5)6/h12,14,16-18,21-23,28-32H,9-11,13,15,19-20,24-25H2,1-8H3/t28-,29-,30-,31+,32-/m1/s1. The van der Waals surface area contributed by atoms with Crippen LogP contribution in [0.25, 0.3) is 0 Å². The molecule has 1 aliphatic heterocycles. The zero-order valence-corrected chi connectivity index (χ0v) is 30.5. The molecule has 0 amide bonds. The van der Waals surface area contributed by atoms with Crippen molar-refractivity contribution in [2.75, 3.05) is 6.61 Å².